The molecule has 1 aromatic rings. The zero-order chi connectivity index (χ0) is 10.1. The molecule has 1 atom stereocenters. The molecule has 0 saturated heterocycles. The summed E-state index contributed by atoms with van der Waals surface area (Å²) in [7, 11) is 0. The number of hydrogen-bond donors (Lipinski definition) is 1. The molecule has 0 bridgehead atoms. The van der Waals surface area contributed by atoms with Crippen LogP contribution in [-0.2, 0) is 6.42 Å². The van der Waals surface area contributed by atoms with Crippen molar-refractivity contribution < 1.29 is 4.39 Å². The van der Waals surface area contributed by atoms with E-state index in [0.717, 1.165) is 35.0 Å². The van der Waals surface area contributed by atoms with E-state index in [-0.39, 0.29) is 5.82 Å². The number of benzene rings is 1. The van der Waals surface area contributed by atoms with E-state index in [9.17, 15) is 4.39 Å². The van der Waals surface area contributed by atoms with Crippen molar-refractivity contribution >= 4 is 21.6 Å². The van der Waals surface area contributed by atoms with Gasteiger partial charge in [-0.1, -0.05) is 22.9 Å². The summed E-state index contributed by atoms with van der Waals surface area (Å²) in [5.41, 5.74) is 1.79. The number of halogens is 2. The van der Waals surface area contributed by atoms with Gasteiger partial charge in [-0.05, 0) is 31.4 Å². The molecule has 1 unspecified atom stereocenters. The van der Waals surface area contributed by atoms with E-state index < -0.39 is 0 Å². The Bertz CT molecular complexity index is 351. The average molecular weight is 258 g/mol. The second-order valence-corrected chi connectivity index (χ2v) is 4.62. The van der Waals surface area contributed by atoms with Crippen LogP contribution in [0.2, 0.25) is 0 Å². The maximum Gasteiger partial charge on any atom is 0.129 e. The second kappa shape index (κ2) is 3.89. The van der Waals surface area contributed by atoms with Crippen molar-refractivity contribution in [2.45, 2.75) is 32.2 Å². The highest BCUT2D eigenvalue weighted by Gasteiger charge is 2.19. The third-order valence-electron chi connectivity index (χ3n) is 2.76. The summed E-state index contributed by atoms with van der Waals surface area (Å²) in [6, 6.07) is 3.99. The lowest BCUT2D eigenvalue weighted by atomic mass is 9.96. The van der Waals surface area contributed by atoms with Crippen LogP contribution in [0.25, 0.3) is 0 Å². The van der Waals surface area contributed by atoms with Crippen LogP contribution in [0.15, 0.2) is 16.6 Å². The minimum absolute atomic E-state index is 0.101. The van der Waals surface area contributed by atoms with Crippen molar-refractivity contribution in [2.75, 3.05) is 5.32 Å². The van der Waals surface area contributed by atoms with E-state index in [1.165, 1.54) is 6.07 Å². The fourth-order valence-corrected chi connectivity index (χ4v) is 2.33. The van der Waals surface area contributed by atoms with Gasteiger partial charge in [0.05, 0.1) is 0 Å². The predicted molar refractivity (Wildman–Crippen MR) is 60.1 cm³/mol. The Hall–Kier alpha value is -0.570. The van der Waals surface area contributed by atoms with E-state index in [0.29, 0.717) is 6.04 Å². The molecule has 1 N–H and O–H groups in total. The third kappa shape index (κ3) is 1.78. The van der Waals surface area contributed by atoms with Crippen LogP contribution in [0.4, 0.5) is 10.1 Å². The minimum Gasteiger partial charge on any atom is -0.382 e. The van der Waals surface area contributed by atoms with Crippen LogP contribution in [0, 0.1) is 5.82 Å². The molecule has 0 fully saturated rings. The molecule has 14 heavy (non-hydrogen) atoms. The molecule has 1 heterocycles. The largest absolute Gasteiger partial charge is 0.382 e. The fraction of sp³-hybridized carbons (Fsp3) is 0.455. The lowest BCUT2D eigenvalue weighted by Gasteiger charge is -2.26. The summed E-state index contributed by atoms with van der Waals surface area (Å²) < 4.78 is 14.3. The van der Waals surface area contributed by atoms with Gasteiger partial charge in [0.15, 0.2) is 0 Å². The van der Waals surface area contributed by atoms with Crippen molar-refractivity contribution in [2.24, 2.45) is 0 Å². The van der Waals surface area contributed by atoms with Gasteiger partial charge in [-0.2, -0.15) is 0 Å². The van der Waals surface area contributed by atoms with Gasteiger partial charge in [-0.3, -0.25) is 0 Å². The number of anilines is 1. The van der Waals surface area contributed by atoms with Gasteiger partial charge in [-0.25, -0.2) is 4.39 Å². The maximum absolute atomic E-state index is 13.5. The molecule has 3 heteroatoms. The monoisotopic (exact) mass is 257 g/mol. The highest BCUT2D eigenvalue weighted by molar-refractivity contribution is 9.10. The summed E-state index contributed by atoms with van der Waals surface area (Å²) in [4.78, 5) is 0. The van der Waals surface area contributed by atoms with E-state index in [1.54, 1.807) is 0 Å². The van der Waals surface area contributed by atoms with E-state index >= 15 is 0 Å². The Morgan fingerprint density at radius 1 is 1.57 bits per heavy atom. The molecular formula is C11H13BrFN. The Morgan fingerprint density at radius 3 is 3.07 bits per heavy atom. The molecule has 1 aliphatic heterocycles. The van der Waals surface area contributed by atoms with Gasteiger partial charge >= 0.3 is 0 Å². The van der Waals surface area contributed by atoms with E-state index in [1.807, 2.05) is 6.07 Å². The number of nitrogens with one attached hydrogen (secondary N) is 1. The van der Waals surface area contributed by atoms with Gasteiger partial charge in [0.2, 0.25) is 0 Å². The minimum atomic E-state index is -0.101. The molecule has 0 aromatic heterocycles. The third-order valence-corrected chi connectivity index (χ3v) is 3.21. The van der Waals surface area contributed by atoms with E-state index in [4.69, 9.17) is 0 Å². The molecule has 1 nitrogen and oxygen atoms in total. The van der Waals surface area contributed by atoms with Crippen molar-refractivity contribution in [3.05, 3.63) is 28.0 Å². The van der Waals surface area contributed by atoms with Gasteiger partial charge in [0, 0.05) is 21.8 Å². The van der Waals surface area contributed by atoms with Gasteiger partial charge in [0.25, 0.3) is 0 Å². The highest BCUT2D eigenvalue weighted by Crippen LogP contribution is 2.31. The lowest BCUT2D eigenvalue weighted by Crippen LogP contribution is -2.25. The summed E-state index contributed by atoms with van der Waals surface area (Å²) >= 11 is 3.30. The van der Waals surface area contributed by atoms with E-state index in [2.05, 4.69) is 28.2 Å². The fourth-order valence-electron chi connectivity index (χ4n) is 1.90. The Kier molecular flexibility index (Phi) is 2.77. The Labute approximate surface area is 91.8 Å². The van der Waals surface area contributed by atoms with Crippen LogP contribution in [0.3, 0.4) is 0 Å². The number of rotatable bonds is 1. The summed E-state index contributed by atoms with van der Waals surface area (Å²) in [6.07, 6.45) is 2.97. The van der Waals surface area contributed by atoms with Crippen LogP contribution < -0.4 is 5.32 Å². The molecule has 0 saturated carbocycles. The number of hydrogen-bond acceptors (Lipinski definition) is 1. The molecule has 2 rings (SSSR count). The Balaban J connectivity index is 2.37. The quantitative estimate of drug-likeness (QED) is 0.809. The molecule has 1 aromatic carbocycles. The first-order valence-corrected chi connectivity index (χ1v) is 5.74. The normalized spacial score (nSPS) is 20.1. The average Bonchev–Trinajstić information content (AvgIpc) is 2.16. The van der Waals surface area contributed by atoms with Crippen LogP contribution in [0.5, 0.6) is 0 Å². The zero-order valence-electron chi connectivity index (χ0n) is 8.11. The molecule has 76 valence electrons. The second-order valence-electron chi connectivity index (χ2n) is 3.70. The van der Waals surface area contributed by atoms with Crippen molar-refractivity contribution in [1.29, 1.82) is 0 Å². The first-order valence-electron chi connectivity index (χ1n) is 4.95. The SMILES string of the molecule is CCC1CCc2c(F)cc(Br)cc2N1. The molecule has 0 radical (unpaired) electrons. The predicted octanol–water partition coefficient (Wildman–Crippen LogP) is 3.72. The first kappa shape index (κ1) is 9.97. The van der Waals surface area contributed by atoms with Crippen molar-refractivity contribution in [3.63, 3.8) is 0 Å². The van der Waals surface area contributed by atoms with Gasteiger partial charge < -0.3 is 5.32 Å². The molecule has 0 spiro atoms. The van der Waals surface area contributed by atoms with Crippen LogP contribution in [0.1, 0.15) is 25.3 Å². The van der Waals surface area contributed by atoms with Gasteiger partial charge in [0.1, 0.15) is 5.82 Å². The first-order chi connectivity index (χ1) is 6.70. The smallest absolute Gasteiger partial charge is 0.129 e. The highest BCUT2D eigenvalue weighted by atomic mass is 79.9. The lowest BCUT2D eigenvalue weighted by molar-refractivity contribution is 0.565. The standard InChI is InChI=1S/C11H13BrFN/c1-2-8-3-4-9-10(13)5-7(12)6-11(9)14-8/h5-6,8,14H,2-4H2,1H3. The zero-order valence-corrected chi connectivity index (χ0v) is 9.70. The summed E-state index contributed by atoms with van der Waals surface area (Å²) in [5, 5.41) is 3.36. The molecule has 0 aliphatic carbocycles. The van der Waals surface area contributed by atoms with Crippen molar-refractivity contribution in [1.82, 2.24) is 0 Å². The van der Waals surface area contributed by atoms with Crippen molar-refractivity contribution in [3.8, 4) is 0 Å². The molecular weight excluding hydrogens is 245 g/mol. The Morgan fingerprint density at radius 2 is 2.36 bits per heavy atom. The molecule has 1 aliphatic rings. The molecule has 0 amide bonds. The van der Waals surface area contributed by atoms with Crippen LogP contribution >= 0.6 is 15.9 Å². The summed E-state index contributed by atoms with van der Waals surface area (Å²) in [5.74, 6) is -0.101. The number of fused-ring (bicyclic) bond motifs is 1. The van der Waals surface area contributed by atoms with Crippen LogP contribution in [-0.4, -0.2) is 6.04 Å². The topological polar surface area (TPSA) is 12.0 Å². The summed E-state index contributed by atoms with van der Waals surface area (Å²) in [6.45, 7) is 2.15. The van der Waals surface area contributed by atoms with Gasteiger partial charge in [-0.15, -0.1) is 0 Å². The maximum atomic E-state index is 13.5.